The van der Waals surface area contributed by atoms with Gasteiger partial charge in [-0.05, 0) is 25.7 Å². The molecule has 0 aliphatic carbocycles. The average Bonchev–Trinajstić information content (AvgIpc) is 2.04. The van der Waals surface area contributed by atoms with E-state index < -0.39 is 0 Å². The largest absolute Gasteiger partial charge is 0.303 e. The van der Waals surface area contributed by atoms with Gasteiger partial charge in [0.2, 0.25) is 0 Å². The quantitative estimate of drug-likeness (QED) is 0.437. The van der Waals surface area contributed by atoms with E-state index in [1.807, 2.05) is 13.0 Å². The van der Waals surface area contributed by atoms with Crippen LogP contribution in [0.25, 0.3) is 0 Å². The van der Waals surface area contributed by atoms with Gasteiger partial charge < -0.3 is 4.79 Å². The molecule has 0 fully saturated rings. The van der Waals surface area contributed by atoms with Crippen LogP contribution < -0.4 is 0 Å². The Labute approximate surface area is 75.2 Å². The first kappa shape index (κ1) is 11.2. The average molecular weight is 166 g/mol. The first-order valence-corrected chi connectivity index (χ1v) is 4.43. The summed E-state index contributed by atoms with van der Waals surface area (Å²) >= 11 is 0. The Hall–Kier alpha value is -0.850. The molecule has 0 aromatic carbocycles. The molecule has 0 saturated carbocycles. The fraction of sp³-hybridized carbons (Fsp3) is 0.545. The molecule has 0 amide bonds. The van der Waals surface area contributed by atoms with Crippen molar-refractivity contribution < 1.29 is 4.79 Å². The maximum absolute atomic E-state index is 10.1. The zero-order chi connectivity index (χ0) is 9.40. The van der Waals surface area contributed by atoms with Crippen LogP contribution >= 0.6 is 0 Å². The van der Waals surface area contributed by atoms with Gasteiger partial charge in [-0.25, -0.2) is 0 Å². The summed E-state index contributed by atoms with van der Waals surface area (Å²) < 4.78 is 0. The van der Waals surface area contributed by atoms with Gasteiger partial charge in [0.05, 0.1) is 0 Å². The molecule has 1 atom stereocenters. The molecule has 1 unspecified atom stereocenters. The molecule has 1 nitrogen and oxygen atoms in total. The number of rotatable bonds is 6. The number of carbonyl (C=O) groups excluding carboxylic acids is 1. The van der Waals surface area contributed by atoms with E-state index in [-0.39, 0.29) is 0 Å². The molecular formula is C11H18O. The lowest BCUT2D eigenvalue weighted by molar-refractivity contribution is -0.108. The van der Waals surface area contributed by atoms with Crippen LogP contribution in [0.2, 0.25) is 0 Å². The normalized spacial score (nSPS) is 14.0. The molecule has 1 heteroatoms. The van der Waals surface area contributed by atoms with Crippen LogP contribution in [-0.2, 0) is 4.79 Å². The van der Waals surface area contributed by atoms with Crippen molar-refractivity contribution in [1.29, 1.82) is 0 Å². The van der Waals surface area contributed by atoms with Crippen molar-refractivity contribution >= 4 is 6.29 Å². The summed E-state index contributed by atoms with van der Waals surface area (Å²) in [6.07, 6.45) is 7.82. The van der Waals surface area contributed by atoms with Gasteiger partial charge in [0.1, 0.15) is 6.29 Å². The predicted molar refractivity (Wildman–Crippen MR) is 53.0 cm³/mol. The molecule has 0 aliphatic rings. The summed E-state index contributed by atoms with van der Waals surface area (Å²) in [6, 6.07) is 0. The third-order valence-electron chi connectivity index (χ3n) is 1.95. The molecular weight excluding hydrogens is 148 g/mol. The Kier molecular flexibility index (Phi) is 6.35. The number of carbonyl (C=O) groups is 1. The Morgan fingerprint density at radius 1 is 1.58 bits per heavy atom. The molecule has 0 radical (unpaired) electrons. The third-order valence-corrected chi connectivity index (χ3v) is 1.95. The highest BCUT2D eigenvalue weighted by Gasteiger charge is 1.98. The van der Waals surface area contributed by atoms with E-state index in [0.29, 0.717) is 12.3 Å². The van der Waals surface area contributed by atoms with Crippen LogP contribution in [0.15, 0.2) is 24.3 Å². The number of allylic oxidation sites excluding steroid dienone is 3. The van der Waals surface area contributed by atoms with Gasteiger partial charge in [-0.1, -0.05) is 31.2 Å². The van der Waals surface area contributed by atoms with Gasteiger partial charge in [-0.2, -0.15) is 0 Å². The summed E-state index contributed by atoms with van der Waals surface area (Å²) in [5.74, 6) is 0.511. The van der Waals surface area contributed by atoms with Gasteiger partial charge in [0.25, 0.3) is 0 Å². The second-order valence-corrected chi connectivity index (χ2v) is 3.24. The van der Waals surface area contributed by atoms with Crippen molar-refractivity contribution in [2.45, 2.75) is 33.1 Å². The first-order valence-electron chi connectivity index (χ1n) is 4.43. The van der Waals surface area contributed by atoms with Crippen LogP contribution in [0.4, 0.5) is 0 Å². The lowest BCUT2D eigenvalue weighted by atomic mass is 10.0. The Morgan fingerprint density at radius 2 is 2.25 bits per heavy atom. The molecule has 0 heterocycles. The molecule has 68 valence electrons. The van der Waals surface area contributed by atoms with Crippen molar-refractivity contribution in [3.63, 3.8) is 0 Å². The van der Waals surface area contributed by atoms with Crippen LogP contribution in [0, 0.1) is 5.92 Å². The van der Waals surface area contributed by atoms with Crippen LogP contribution in [0.1, 0.15) is 33.1 Å². The molecule has 0 spiro atoms. The summed E-state index contributed by atoms with van der Waals surface area (Å²) in [5.41, 5.74) is 1.22. The molecule has 0 aromatic heterocycles. The fourth-order valence-electron chi connectivity index (χ4n) is 0.961. The highest BCUT2D eigenvalue weighted by Crippen LogP contribution is 2.10. The van der Waals surface area contributed by atoms with Gasteiger partial charge >= 0.3 is 0 Å². The maximum Gasteiger partial charge on any atom is 0.120 e. The summed E-state index contributed by atoms with van der Waals surface area (Å²) in [4.78, 5) is 10.1. The van der Waals surface area contributed by atoms with Crippen molar-refractivity contribution in [1.82, 2.24) is 0 Å². The molecule has 0 rings (SSSR count). The minimum Gasteiger partial charge on any atom is -0.303 e. The molecule has 0 N–H and O–H groups in total. The van der Waals surface area contributed by atoms with Crippen LogP contribution in [0.3, 0.4) is 0 Å². The van der Waals surface area contributed by atoms with Crippen LogP contribution in [0.5, 0.6) is 0 Å². The highest BCUT2D eigenvalue weighted by molar-refractivity contribution is 5.49. The molecule has 0 aromatic rings. The van der Waals surface area contributed by atoms with Crippen molar-refractivity contribution in [3.05, 3.63) is 24.3 Å². The SMILES string of the molecule is C=C/C(C)=C\CCC(C)CC=O. The fourth-order valence-corrected chi connectivity index (χ4v) is 0.961. The van der Waals surface area contributed by atoms with Crippen molar-refractivity contribution in [3.8, 4) is 0 Å². The summed E-state index contributed by atoms with van der Waals surface area (Å²) in [7, 11) is 0. The topological polar surface area (TPSA) is 17.1 Å². The Morgan fingerprint density at radius 3 is 2.75 bits per heavy atom. The standard InChI is InChI=1S/C11H18O/c1-4-10(2)6-5-7-11(3)8-9-12/h4,6,9,11H,1,5,7-8H2,2-3H3/b10-6-. The van der Waals surface area contributed by atoms with Gasteiger partial charge in [-0.3, -0.25) is 0 Å². The van der Waals surface area contributed by atoms with Gasteiger partial charge in [0, 0.05) is 6.42 Å². The van der Waals surface area contributed by atoms with E-state index >= 15 is 0 Å². The lowest BCUT2D eigenvalue weighted by Crippen LogP contribution is -1.93. The zero-order valence-corrected chi connectivity index (χ0v) is 8.05. The van der Waals surface area contributed by atoms with Crippen LogP contribution in [-0.4, -0.2) is 6.29 Å². The zero-order valence-electron chi connectivity index (χ0n) is 8.05. The number of aldehydes is 1. The van der Waals surface area contributed by atoms with E-state index in [4.69, 9.17) is 0 Å². The van der Waals surface area contributed by atoms with Crippen molar-refractivity contribution in [2.75, 3.05) is 0 Å². The molecule has 0 aliphatic heterocycles. The minimum atomic E-state index is 0.511. The molecule has 0 saturated heterocycles. The predicted octanol–water partition coefficient (Wildman–Crippen LogP) is 3.12. The van der Waals surface area contributed by atoms with Crippen molar-refractivity contribution in [2.24, 2.45) is 5.92 Å². The second-order valence-electron chi connectivity index (χ2n) is 3.24. The summed E-state index contributed by atoms with van der Waals surface area (Å²) in [6.45, 7) is 7.81. The van der Waals surface area contributed by atoms with E-state index in [9.17, 15) is 4.79 Å². The maximum atomic E-state index is 10.1. The monoisotopic (exact) mass is 166 g/mol. The summed E-state index contributed by atoms with van der Waals surface area (Å²) in [5, 5.41) is 0. The van der Waals surface area contributed by atoms with E-state index in [1.165, 1.54) is 5.57 Å². The third kappa shape index (κ3) is 5.90. The van der Waals surface area contributed by atoms with E-state index in [2.05, 4.69) is 19.6 Å². The number of hydrogen-bond donors (Lipinski definition) is 0. The van der Waals surface area contributed by atoms with Gasteiger partial charge in [0.15, 0.2) is 0 Å². The Bertz CT molecular complexity index is 168. The number of hydrogen-bond acceptors (Lipinski definition) is 1. The molecule has 12 heavy (non-hydrogen) atoms. The lowest BCUT2D eigenvalue weighted by Gasteiger charge is -2.03. The second kappa shape index (κ2) is 6.84. The Balaban J connectivity index is 3.54. The molecule has 0 bridgehead atoms. The van der Waals surface area contributed by atoms with Gasteiger partial charge in [-0.15, -0.1) is 0 Å². The first-order chi connectivity index (χ1) is 5.70. The minimum absolute atomic E-state index is 0.511. The highest BCUT2D eigenvalue weighted by atomic mass is 16.1. The van der Waals surface area contributed by atoms with E-state index in [1.54, 1.807) is 0 Å². The van der Waals surface area contributed by atoms with E-state index in [0.717, 1.165) is 19.1 Å². The smallest absolute Gasteiger partial charge is 0.120 e.